The van der Waals surface area contributed by atoms with Gasteiger partial charge in [0.1, 0.15) is 6.04 Å². The molecule has 1 unspecified atom stereocenters. The van der Waals surface area contributed by atoms with Gasteiger partial charge in [-0.2, -0.15) is 0 Å². The summed E-state index contributed by atoms with van der Waals surface area (Å²) in [5, 5.41) is 11.8. The number of hydrogen-bond acceptors (Lipinski definition) is 4. The molecule has 1 heterocycles. The van der Waals surface area contributed by atoms with Crippen molar-refractivity contribution >= 4 is 5.97 Å². The van der Waals surface area contributed by atoms with Crippen molar-refractivity contribution in [3.8, 4) is 0 Å². The molecule has 10 heavy (non-hydrogen) atoms. The van der Waals surface area contributed by atoms with Gasteiger partial charge in [0.25, 0.3) is 0 Å². The molecule has 58 valence electrons. The number of carbonyl (C=O) groups is 1. The van der Waals surface area contributed by atoms with Crippen molar-refractivity contribution in [1.29, 1.82) is 0 Å². The number of nitrogens with one attached hydrogen (secondary N) is 1. The molecule has 0 radical (unpaired) electrons. The number of esters is 1. The first-order chi connectivity index (χ1) is 4.74. The van der Waals surface area contributed by atoms with E-state index >= 15 is 0 Å². The molecule has 4 heteroatoms. The quantitative estimate of drug-likeness (QED) is 0.459. The summed E-state index contributed by atoms with van der Waals surface area (Å²) in [5.41, 5.74) is 0. The third kappa shape index (κ3) is 1.46. The summed E-state index contributed by atoms with van der Waals surface area (Å²) in [6, 6.07) is -0.306. The van der Waals surface area contributed by atoms with Gasteiger partial charge >= 0.3 is 5.97 Å². The van der Waals surface area contributed by atoms with Crippen LogP contribution < -0.4 is 5.32 Å². The van der Waals surface area contributed by atoms with E-state index in [0.29, 0.717) is 13.0 Å². The predicted octanol–water partition coefficient (Wildman–Crippen LogP) is -1.12. The van der Waals surface area contributed by atoms with Crippen LogP contribution >= 0.6 is 0 Å². The van der Waals surface area contributed by atoms with Gasteiger partial charge in [-0.15, -0.1) is 0 Å². The van der Waals surface area contributed by atoms with Crippen molar-refractivity contribution in [3.63, 3.8) is 0 Å². The normalized spacial score (nSPS) is 32.2. The van der Waals surface area contributed by atoms with E-state index in [2.05, 4.69) is 10.1 Å². The summed E-state index contributed by atoms with van der Waals surface area (Å²) in [4.78, 5) is 10.8. The average Bonchev–Trinajstić information content (AvgIpc) is 2.34. The highest BCUT2D eigenvalue weighted by Crippen LogP contribution is 2.06. The Labute approximate surface area is 59.2 Å². The molecule has 2 atom stereocenters. The standard InChI is InChI=1S/C6H11NO3/c1-10-6(9)5-2-4(8)3-7-5/h4-5,7-8H,2-3H2,1H3/t4-,5?/m1/s1. The maximum absolute atomic E-state index is 10.8. The fourth-order valence-electron chi connectivity index (χ4n) is 1.04. The molecule has 4 nitrogen and oxygen atoms in total. The van der Waals surface area contributed by atoms with Crippen LogP contribution in [0.1, 0.15) is 6.42 Å². The molecule has 1 aliphatic rings. The fourth-order valence-corrected chi connectivity index (χ4v) is 1.04. The van der Waals surface area contributed by atoms with Crippen LogP contribution in [0.4, 0.5) is 0 Å². The van der Waals surface area contributed by atoms with E-state index in [1.807, 2.05) is 0 Å². The maximum atomic E-state index is 10.8. The van der Waals surface area contributed by atoms with Crippen molar-refractivity contribution in [1.82, 2.24) is 5.32 Å². The minimum atomic E-state index is -0.399. The SMILES string of the molecule is COC(=O)C1C[C@@H](O)CN1. The highest BCUT2D eigenvalue weighted by Gasteiger charge is 2.28. The minimum Gasteiger partial charge on any atom is -0.468 e. The number of carbonyl (C=O) groups excluding carboxylic acids is 1. The summed E-state index contributed by atoms with van der Waals surface area (Å²) in [6.45, 7) is 0.486. The minimum absolute atomic E-state index is 0.295. The van der Waals surface area contributed by atoms with Crippen molar-refractivity contribution in [2.24, 2.45) is 0 Å². The second-order valence-electron chi connectivity index (χ2n) is 2.37. The van der Waals surface area contributed by atoms with Crippen molar-refractivity contribution in [2.75, 3.05) is 13.7 Å². The van der Waals surface area contributed by atoms with Crippen LogP contribution in [0.25, 0.3) is 0 Å². The van der Waals surface area contributed by atoms with Gasteiger partial charge in [0.2, 0.25) is 0 Å². The Kier molecular flexibility index (Phi) is 2.24. The third-order valence-corrected chi connectivity index (χ3v) is 1.59. The number of β-amino-alcohol motifs (C(OH)–C–C–N with tert-alkyl or cyclic N) is 1. The van der Waals surface area contributed by atoms with Gasteiger partial charge in [0.15, 0.2) is 0 Å². The van der Waals surface area contributed by atoms with Gasteiger partial charge in [-0.25, -0.2) is 0 Å². The molecular weight excluding hydrogens is 134 g/mol. The Morgan fingerprint density at radius 3 is 2.90 bits per heavy atom. The Bertz CT molecular complexity index is 137. The smallest absolute Gasteiger partial charge is 0.322 e. The van der Waals surface area contributed by atoms with Crippen LogP contribution in [-0.2, 0) is 9.53 Å². The highest BCUT2D eigenvalue weighted by molar-refractivity contribution is 5.76. The molecule has 1 rings (SSSR count). The van der Waals surface area contributed by atoms with Crippen LogP contribution in [0.3, 0.4) is 0 Å². The van der Waals surface area contributed by atoms with Crippen LogP contribution in [0.15, 0.2) is 0 Å². The first kappa shape index (κ1) is 7.50. The van der Waals surface area contributed by atoms with E-state index in [1.165, 1.54) is 7.11 Å². The lowest BCUT2D eigenvalue weighted by atomic mass is 10.2. The van der Waals surface area contributed by atoms with E-state index in [1.54, 1.807) is 0 Å². The van der Waals surface area contributed by atoms with Crippen molar-refractivity contribution in [2.45, 2.75) is 18.6 Å². The van der Waals surface area contributed by atoms with E-state index in [4.69, 9.17) is 5.11 Å². The largest absolute Gasteiger partial charge is 0.468 e. The Morgan fingerprint density at radius 1 is 1.80 bits per heavy atom. The third-order valence-electron chi connectivity index (χ3n) is 1.59. The van der Waals surface area contributed by atoms with Crippen LogP contribution in [0, 0.1) is 0 Å². The molecule has 0 aliphatic carbocycles. The molecule has 2 N–H and O–H groups in total. The molecule has 1 aliphatic heterocycles. The van der Waals surface area contributed by atoms with E-state index in [-0.39, 0.29) is 12.0 Å². The fraction of sp³-hybridized carbons (Fsp3) is 0.833. The zero-order valence-electron chi connectivity index (χ0n) is 5.83. The van der Waals surface area contributed by atoms with Gasteiger partial charge in [0, 0.05) is 13.0 Å². The first-order valence-electron chi connectivity index (χ1n) is 3.23. The lowest BCUT2D eigenvalue weighted by Gasteiger charge is -2.05. The van der Waals surface area contributed by atoms with Gasteiger partial charge in [-0.1, -0.05) is 0 Å². The molecule has 0 aromatic carbocycles. The zero-order valence-corrected chi connectivity index (χ0v) is 5.83. The van der Waals surface area contributed by atoms with Crippen LogP contribution in [0.2, 0.25) is 0 Å². The molecule has 0 spiro atoms. The Balaban J connectivity index is 2.37. The van der Waals surface area contributed by atoms with Gasteiger partial charge in [-0.05, 0) is 0 Å². The summed E-state index contributed by atoms with van der Waals surface area (Å²) < 4.78 is 4.47. The van der Waals surface area contributed by atoms with Gasteiger partial charge in [0.05, 0.1) is 13.2 Å². The average molecular weight is 145 g/mol. The Hall–Kier alpha value is -0.610. The summed E-state index contributed by atoms with van der Waals surface area (Å²) >= 11 is 0. The monoisotopic (exact) mass is 145 g/mol. The van der Waals surface area contributed by atoms with Crippen LogP contribution in [-0.4, -0.2) is 36.9 Å². The number of aliphatic hydroxyl groups is 1. The molecule has 0 aromatic heterocycles. The van der Waals surface area contributed by atoms with Gasteiger partial charge in [-0.3, -0.25) is 4.79 Å². The summed E-state index contributed by atoms with van der Waals surface area (Å²) in [7, 11) is 1.34. The second kappa shape index (κ2) is 2.98. The summed E-state index contributed by atoms with van der Waals surface area (Å²) in [5.74, 6) is -0.295. The first-order valence-corrected chi connectivity index (χ1v) is 3.23. The number of ether oxygens (including phenoxy) is 1. The molecule has 0 amide bonds. The highest BCUT2D eigenvalue weighted by atomic mass is 16.5. The predicted molar refractivity (Wildman–Crippen MR) is 34.4 cm³/mol. The lowest BCUT2D eigenvalue weighted by molar-refractivity contribution is -0.142. The number of aliphatic hydroxyl groups excluding tert-OH is 1. The maximum Gasteiger partial charge on any atom is 0.322 e. The molecule has 1 saturated heterocycles. The number of methoxy groups -OCH3 is 1. The molecular formula is C6H11NO3. The second-order valence-corrected chi connectivity index (χ2v) is 2.37. The zero-order chi connectivity index (χ0) is 7.56. The van der Waals surface area contributed by atoms with Crippen LogP contribution in [0.5, 0.6) is 0 Å². The van der Waals surface area contributed by atoms with E-state index in [9.17, 15) is 4.79 Å². The van der Waals surface area contributed by atoms with Gasteiger partial charge < -0.3 is 15.2 Å². The molecule has 1 fully saturated rings. The van der Waals surface area contributed by atoms with E-state index in [0.717, 1.165) is 0 Å². The number of hydrogen-bond donors (Lipinski definition) is 2. The van der Waals surface area contributed by atoms with Crippen molar-refractivity contribution < 1.29 is 14.6 Å². The lowest BCUT2D eigenvalue weighted by Crippen LogP contribution is -2.31. The molecule has 0 aromatic rings. The molecule has 0 bridgehead atoms. The summed E-state index contributed by atoms with van der Waals surface area (Å²) in [6.07, 6.45) is 0.0660. The molecule has 0 saturated carbocycles. The van der Waals surface area contributed by atoms with E-state index < -0.39 is 6.10 Å². The number of rotatable bonds is 1. The topological polar surface area (TPSA) is 58.6 Å². The van der Waals surface area contributed by atoms with Crippen molar-refractivity contribution in [3.05, 3.63) is 0 Å². The Morgan fingerprint density at radius 2 is 2.50 bits per heavy atom.